The molecule has 3 rings (SSSR count). The normalized spacial score (nSPS) is 11.2. The fraction of sp³-hybridized carbons (Fsp3) is 0.222. The van der Waals surface area contributed by atoms with E-state index in [0.29, 0.717) is 0 Å². The first-order chi connectivity index (χ1) is 10.2. The highest BCUT2D eigenvalue weighted by Gasteiger charge is 2.02. The highest BCUT2D eigenvalue weighted by molar-refractivity contribution is 5.83. The van der Waals surface area contributed by atoms with Gasteiger partial charge in [-0.3, -0.25) is 0 Å². The summed E-state index contributed by atoms with van der Waals surface area (Å²) in [6.07, 6.45) is 2.08. The minimum Gasteiger partial charge on any atom is -0.381 e. The zero-order chi connectivity index (χ0) is 14.7. The van der Waals surface area contributed by atoms with Crippen molar-refractivity contribution < 1.29 is 0 Å². The first-order valence-electron chi connectivity index (χ1n) is 7.25. The lowest BCUT2D eigenvalue weighted by Gasteiger charge is -2.11. The van der Waals surface area contributed by atoms with Crippen molar-refractivity contribution in [3.8, 4) is 0 Å². The standard InChI is InChI=1S/C18H21N3/c1-21(2)13-14-7-9-16(10-8-14)19-11-15-12-20-18-6-4-3-5-17(15)18/h3-10,12,19-20H,11,13H2,1-2H3. The number of nitrogens with zero attached hydrogens (tertiary/aromatic N) is 1. The van der Waals surface area contributed by atoms with Crippen LogP contribution in [0.4, 0.5) is 5.69 Å². The summed E-state index contributed by atoms with van der Waals surface area (Å²) in [7, 11) is 4.17. The molecule has 0 aliphatic carbocycles. The molecule has 0 atom stereocenters. The smallest absolute Gasteiger partial charge is 0.0457 e. The molecule has 1 aromatic heterocycles. The third-order valence-electron chi connectivity index (χ3n) is 3.61. The maximum absolute atomic E-state index is 3.49. The van der Waals surface area contributed by atoms with Crippen LogP contribution in [0.5, 0.6) is 0 Å². The number of benzene rings is 2. The fourth-order valence-electron chi connectivity index (χ4n) is 2.57. The minimum atomic E-state index is 0.830. The summed E-state index contributed by atoms with van der Waals surface area (Å²) in [6, 6.07) is 17.0. The number of aromatic amines is 1. The van der Waals surface area contributed by atoms with Crippen molar-refractivity contribution in [3.63, 3.8) is 0 Å². The molecule has 0 saturated heterocycles. The predicted octanol–water partition coefficient (Wildman–Crippen LogP) is 3.84. The van der Waals surface area contributed by atoms with Crippen molar-refractivity contribution in [1.82, 2.24) is 9.88 Å². The molecule has 0 saturated carbocycles. The zero-order valence-corrected chi connectivity index (χ0v) is 12.6. The first-order valence-corrected chi connectivity index (χ1v) is 7.25. The molecule has 0 amide bonds. The van der Waals surface area contributed by atoms with Gasteiger partial charge >= 0.3 is 0 Å². The molecule has 0 aliphatic rings. The summed E-state index contributed by atoms with van der Waals surface area (Å²) < 4.78 is 0. The Morgan fingerprint density at radius 2 is 1.76 bits per heavy atom. The second-order valence-electron chi connectivity index (χ2n) is 5.65. The SMILES string of the molecule is CN(C)Cc1ccc(NCc2c[nH]c3ccccc23)cc1. The molecular formula is C18H21N3. The van der Waals surface area contributed by atoms with E-state index >= 15 is 0 Å². The van der Waals surface area contributed by atoms with Crippen molar-refractivity contribution in [2.75, 3.05) is 19.4 Å². The van der Waals surface area contributed by atoms with Gasteiger partial charge in [-0.2, -0.15) is 0 Å². The molecule has 108 valence electrons. The summed E-state index contributed by atoms with van der Waals surface area (Å²) in [4.78, 5) is 5.48. The lowest BCUT2D eigenvalue weighted by molar-refractivity contribution is 0.402. The van der Waals surface area contributed by atoms with Gasteiger partial charge in [0.2, 0.25) is 0 Å². The lowest BCUT2D eigenvalue weighted by atomic mass is 10.1. The average molecular weight is 279 g/mol. The Labute approximate surface area is 125 Å². The van der Waals surface area contributed by atoms with Gasteiger partial charge < -0.3 is 15.2 Å². The van der Waals surface area contributed by atoms with Gasteiger partial charge in [0.1, 0.15) is 0 Å². The van der Waals surface area contributed by atoms with E-state index in [4.69, 9.17) is 0 Å². The maximum Gasteiger partial charge on any atom is 0.0457 e. The summed E-state index contributed by atoms with van der Waals surface area (Å²) in [5, 5.41) is 4.77. The number of H-pyrrole nitrogens is 1. The van der Waals surface area contributed by atoms with Crippen molar-refractivity contribution in [2.45, 2.75) is 13.1 Å². The third-order valence-corrected chi connectivity index (χ3v) is 3.61. The molecule has 3 heteroatoms. The number of fused-ring (bicyclic) bond motifs is 1. The van der Waals surface area contributed by atoms with Crippen LogP contribution in [-0.2, 0) is 13.1 Å². The molecule has 0 aliphatic heterocycles. The van der Waals surface area contributed by atoms with Crippen LogP contribution in [0.25, 0.3) is 10.9 Å². The number of anilines is 1. The molecule has 2 aromatic carbocycles. The van der Waals surface area contributed by atoms with E-state index in [1.165, 1.54) is 22.0 Å². The van der Waals surface area contributed by atoms with E-state index < -0.39 is 0 Å². The first kappa shape index (κ1) is 13.7. The molecule has 0 unspecified atom stereocenters. The van der Waals surface area contributed by atoms with E-state index in [9.17, 15) is 0 Å². The van der Waals surface area contributed by atoms with Crippen LogP contribution in [0, 0.1) is 0 Å². The molecule has 3 aromatic rings. The van der Waals surface area contributed by atoms with E-state index in [2.05, 4.69) is 84.0 Å². The van der Waals surface area contributed by atoms with Gasteiger partial charge in [-0.15, -0.1) is 0 Å². The Hall–Kier alpha value is -2.26. The quantitative estimate of drug-likeness (QED) is 0.743. The number of hydrogen-bond acceptors (Lipinski definition) is 2. The van der Waals surface area contributed by atoms with E-state index in [-0.39, 0.29) is 0 Å². The Morgan fingerprint density at radius 1 is 1.00 bits per heavy atom. The summed E-state index contributed by atoms with van der Waals surface area (Å²) >= 11 is 0. The molecule has 21 heavy (non-hydrogen) atoms. The summed E-state index contributed by atoms with van der Waals surface area (Å²) in [5.74, 6) is 0. The van der Waals surface area contributed by atoms with Gasteiger partial charge in [0.25, 0.3) is 0 Å². The van der Waals surface area contributed by atoms with Crippen LogP contribution in [-0.4, -0.2) is 24.0 Å². The Bertz CT molecular complexity index is 711. The van der Waals surface area contributed by atoms with Crippen LogP contribution in [0.15, 0.2) is 54.7 Å². The third kappa shape index (κ3) is 3.26. The molecule has 1 heterocycles. The van der Waals surface area contributed by atoms with Crippen LogP contribution in [0.1, 0.15) is 11.1 Å². The van der Waals surface area contributed by atoms with Gasteiger partial charge in [-0.25, -0.2) is 0 Å². The molecule has 0 fully saturated rings. The number of nitrogens with one attached hydrogen (secondary N) is 2. The number of para-hydroxylation sites is 1. The predicted molar refractivity (Wildman–Crippen MR) is 89.5 cm³/mol. The van der Waals surface area contributed by atoms with Crippen LogP contribution in [0.2, 0.25) is 0 Å². The van der Waals surface area contributed by atoms with Gasteiger partial charge in [0.05, 0.1) is 0 Å². The molecular weight excluding hydrogens is 258 g/mol. The van der Waals surface area contributed by atoms with E-state index in [1.807, 2.05) is 0 Å². The second-order valence-corrected chi connectivity index (χ2v) is 5.65. The highest BCUT2D eigenvalue weighted by atomic mass is 15.0. The van der Waals surface area contributed by atoms with E-state index in [1.54, 1.807) is 0 Å². The molecule has 3 nitrogen and oxygen atoms in total. The van der Waals surface area contributed by atoms with Gasteiger partial charge in [0, 0.05) is 35.9 Å². The molecule has 0 bridgehead atoms. The van der Waals surface area contributed by atoms with Crippen molar-refractivity contribution >= 4 is 16.6 Å². The van der Waals surface area contributed by atoms with Crippen molar-refractivity contribution in [3.05, 3.63) is 65.9 Å². The van der Waals surface area contributed by atoms with Crippen molar-refractivity contribution in [1.29, 1.82) is 0 Å². The van der Waals surface area contributed by atoms with Crippen LogP contribution >= 0.6 is 0 Å². The molecule has 0 radical (unpaired) electrons. The number of hydrogen-bond donors (Lipinski definition) is 2. The van der Waals surface area contributed by atoms with Crippen molar-refractivity contribution in [2.24, 2.45) is 0 Å². The monoisotopic (exact) mass is 279 g/mol. The van der Waals surface area contributed by atoms with Gasteiger partial charge in [-0.05, 0) is 43.4 Å². The minimum absolute atomic E-state index is 0.830. The topological polar surface area (TPSA) is 31.1 Å². The summed E-state index contributed by atoms with van der Waals surface area (Å²) in [6.45, 7) is 1.81. The average Bonchev–Trinajstić information content (AvgIpc) is 2.89. The lowest BCUT2D eigenvalue weighted by Crippen LogP contribution is -2.10. The fourth-order valence-corrected chi connectivity index (χ4v) is 2.57. The number of rotatable bonds is 5. The highest BCUT2D eigenvalue weighted by Crippen LogP contribution is 2.19. The zero-order valence-electron chi connectivity index (χ0n) is 12.6. The summed E-state index contributed by atoms with van der Waals surface area (Å²) in [5.41, 5.74) is 4.97. The van der Waals surface area contributed by atoms with E-state index in [0.717, 1.165) is 18.8 Å². The Kier molecular flexibility index (Phi) is 3.93. The van der Waals surface area contributed by atoms with Gasteiger partial charge in [0.15, 0.2) is 0 Å². The van der Waals surface area contributed by atoms with Crippen LogP contribution < -0.4 is 5.32 Å². The second kappa shape index (κ2) is 6.02. The van der Waals surface area contributed by atoms with Gasteiger partial charge in [-0.1, -0.05) is 30.3 Å². The molecule has 2 N–H and O–H groups in total. The largest absolute Gasteiger partial charge is 0.381 e. The Morgan fingerprint density at radius 3 is 2.52 bits per heavy atom. The van der Waals surface area contributed by atoms with Crippen LogP contribution in [0.3, 0.4) is 0 Å². The molecule has 0 spiro atoms. The maximum atomic E-state index is 3.49. The number of aromatic nitrogens is 1. The Balaban J connectivity index is 1.67.